The van der Waals surface area contributed by atoms with E-state index in [1.807, 2.05) is 26.2 Å². The Morgan fingerprint density at radius 2 is 1.85 bits per heavy atom. The molecule has 0 bridgehead atoms. The van der Waals surface area contributed by atoms with Gasteiger partial charge in [0, 0.05) is 19.8 Å². The zero-order valence-corrected chi connectivity index (χ0v) is 8.24. The molecular weight excluding hydrogens is 162 g/mol. The third kappa shape index (κ3) is 2.82. The summed E-state index contributed by atoms with van der Waals surface area (Å²) in [5, 5.41) is 0. The van der Waals surface area contributed by atoms with Crippen LogP contribution in [0.2, 0.25) is 0 Å². The first kappa shape index (κ1) is 9.65. The Labute approximate surface area is 79.4 Å². The molecule has 0 spiro atoms. The topological polar surface area (TPSA) is 12.5 Å². The number of methoxy groups -OCH3 is 1. The van der Waals surface area contributed by atoms with Gasteiger partial charge in [-0.2, -0.15) is 0 Å². The minimum atomic E-state index is 1.09. The van der Waals surface area contributed by atoms with Crippen molar-refractivity contribution >= 4 is 11.8 Å². The minimum absolute atomic E-state index is 1.09. The van der Waals surface area contributed by atoms with Gasteiger partial charge in [-0.15, -0.1) is 0 Å². The predicted molar refractivity (Wildman–Crippen MR) is 55.5 cm³/mol. The van der Waals surface area contributed by atoms with E-state index in [1.54, 1.807) is 13.2 Å². The van der Waals surface area contributed by atoms with Crippen LogP contribution in [0.5, 0.6) is 0 Å². The Balaban J connectivity index is 2.75. The molecule has 0 fully saturated rings. The van der Waals surface area contributed by atoms with Gasteiger partial charge in [0.25, 0.3) is 0 Å². The standard InChI is InChI=1S/C11H14NO/c1-12(2)11-6-4-10(5-7-11)8-9-13-3/h4-8H,1-3H3. The molecule has 0 N–H and O–H groups in total. The maximum absolute atomic E-state index is 4.71. The van der Waals surface area contributed by atoms with Crippen LogP contribution < -0.4 is 4.90 Å². The predicted octanol–water partition coefficient (Wildman–Crippen LogP) is 2.17. The van der Waals surface area contributed by atoms with Crippen molar-refractivity contribution in [2.45, 2.75) is 0 Å². The van der Waals surface area contributed by atoms with Crippen molar-refractivity contribution in [3.63, 3.8) is 0 Å². The third-order valence-corrected chi connectivity index (χ3v) is 1.75. The Bertz CT molecular complexity index is 275. The highest BCUT2D eigenvalue weighted by Crippen LogP contribution is 2.12. The smallest absolute Gasteiger partial charge is 0.161 e. The average Bonchev–Trinajstić information content (AvgIpc) is 2.15. The molecule has 0 aliphatic rings. The SMILES string of the molecule is CO[C]=Cc1ccc(N(C)C)cc1. The van der Waals surface area contributed by atoms with E-state index in [1.165, 1.54) is 5.69 Å². The molecule has 2 heteroatoms. The maximum atomic E-state index is 4.71. The lowest BCUT2D eigenvalue weighted by Crippen LogP contribution is -2.07. The number of rotatable bonds is 3. The molecule has 0 amide bonds. The lowest BCUT2D eigenvalue weighted by atomic mass is 10.2. The molecule has 0 aliphatic carbocycles. The van der Waals surface area contributed by atoms with Crippen LogP contribution in [0.15, 0.2) is 24.3 Å². The normalized spacial score (nSPS) is 10.4. The van der Waals surface area contributed by atoms with Crippen LogP contribution in [0.1, 0.15) is 5.56 Å². The number of hydrogen-bond acceptors (Lipinski definition) is 2. The van der Waals surface area contributed by atoms with Gasteiger partial charge in [0.1, 0.15) is 0 Å². The second kappa shape index (κ2) is 4.55. The molecule has 1 rings (SSSR count). The summed E-state index contributed by atoms with van der Waals surface area (Å²) >= 11 is 0. The van der Waals surface area contributed by atoms with Crippen molar-refractivity contribution < 1.29 is 4.74 Å². The molecule has 0 saturated heterocycles. The quantitative estimate of drug-likeness (QED) is 0.654. The van der Waals surface area contributed by atoms with E-state index >= 15 is 0 Å². The van der Waals surface area contributed by atoms with E-state index in [4.69, 9.17) is 4.74 Å². The van der Waals surface area contributed by atoms with Gasteiger partial charge < -0.3 is 9.64 Å². The first-order valence-electron chi connectivity index (χ1n) is 4.13. The second-order valence-corrected chi connectivity index (χ2v) is 2.95. The van der Waals surface area contributed by atoms with Crippen LogP contribution >= 0.6 is 0 Å². The van der Waals surface area contributed by atoms with Gasteiger partial charge in [0.05, 0.1) is 7.11 Å². The number of ether oxygens (including phenoxy) is 1. The fourth-order valence-corrected chi connectivity index (χ4v) is 0.996. The zero-order valence-electron chi connectivity index (χ0n) is 8.24. The van der Waals surface area contributed by atoms with Crippen LogP contribution in [0.25, 0.3) is 6.08 Å². The molecule has 0 atom stereocenters. The molecule has 13 heavy (non-hydrogen) atoms. The van der Waals surface area contributed by atoms with Gasteiger partial charge in [-0.05, 0) is 23.8 Å². The average molecular weight is 176 g/mol. The Morgan fingerprint density at radius 3 is 2.31 bits per heavy atom. The lowest BCUT2D eigenvalue weighted by molar-refractivity contribution is 0.316. The van der Waals surface area contributed by atoms with Gasteiger partial charge in [-0.3, -0.25) is 0 Å². The molecule has 69 valence electrons. The first-order valence-corrected chi connectivity index (χ1v) is 4.13. The largest absolute Gasteiger partial charge is 0.493 e. The Morgan fingerprint density at radius 1 is 1.23 bits per heavy atom. The number of benzene rings is 1. The second-order valence-electron chi connectivity index (χ2n) is 2.95. The molecule has 1 aromatic rings. The zero-order chi connectivity index (χ0) is 9.68. The number of nitrogens with zero attached hydrogens (tertiary/aromatic N) is 1. The van der Waals surface area contributed by atoms with Crippen molar-refractivity contribution in [1.82, 2.24) is 0 Å². The molecule has 0 aliphatic heterocycles. The van der Waals surface area contributed by atoms with Crippen molar-refractivity contribution in [2.75, 3.05) is 26.1 Å². The first-order chi connectivity index (χ1) is 6.24. The van der Waals surface area contributed by atoms with Gasteiger partial charge in [-0.25, -0.2) is 0 Å². The van der Waals surface area contributed by atoms with E-state index in [-0.39, 0.29) is 0 Å². The van der Waals surface area contributed by atoms with Crippen LogP contribution in [-0.2, 0) is 4.74 Å². The molecular formula is C11H14NO. The summed E-state index contributed by atoms with van der Waals surface area (Å²) in [7, 11) is 5.63. The van der Waals surface area contributed by atoms with Gasteiger partial charge in [0.2, 0.25) is 0 Å². The van der Waals surface area contributed by atoms with E-state index in [2.05, 4.69) is 23.3 Å². The third-order valence-electron chi connectivity index (χ3n) is 1.75. The molecule has 0 saturated carbocycles. The van der Waals surface area contributed by atoms with Crippen LogP contribution in [0.4, 0.5) is 5.69 Å². The van der Waals surface area contributed by atoms with Crippen LogP contribution in [-0.4, -0.2) is 21.2 Å². The summed E-state index contributed by atoms with van der Waals surface area (Å²) in [6.45, 7) is 0. The lowest BCUT2D eigenvalue weighted by Gasteiger charge is -2.11. The van der Waals surface area contributed by atoms with Gasteiger partial charge in [0.15, 0.2) is 6.26 Å². The maximum Gasteiger partial charge on any atom is 0.161 e. The molecule has 0 unspecified atom stereocenters. The van der Waals surface area contributed by atoms with Gasteiger partial charge >= 0.3 is 0 Å². The van der Waals surface area contributed by atoms with Crippen molar-refractivity contribution in [3.05, 3.63) is 36.1 Å². The van der Waals surface area contributed by atoms with E-state index in [0.717, 1.165) is 5.56 Å². The minimum Gasteiger partial charge on any atom is -0.493 e. The molecule has 1 aromatic carbocycles. The summed E-state index contributed by atoms with van der Waals surface area (Å²) in [6, 6.07) is 8.18. The van der Waals surface area contributed by atoms with Crippen LogP contribution in [0.3, 0.4) is 0 Å². The van der Waals surface area contributed by atoms with Crippen molar-refractivity contribution in [2.24, 2.45) is 0 Å². The van der Waals surface area contributed by atoms with Crippen molar-refractivity contribution in [3.8, 4) is 0 Å². The summed E-state index contributed by atoms with van der Waals surface area (Å²) < 4.78 is 4.71. The fourth-order valence-electron chi connectivity index (χ4n) is 0.996. The van der Waals surface area contributed by atoms with E-state index in [0.29, 0.717) is 0 Å². The highest BCUT2D eigenvalue weighted by atomic mass is 16.5. The summed E-state index contributed by atoms with van der Waals surface area (Å²) in [5.74, 6) is 0. The summed E-state index contributed by atoms with van der Waals surface area (Å²) in [5.41, 5.74) is 2.28. The Hall–Kier alpha value is -1.44. The molecule has 0 aromatic heterocycles. The Kier molecular flexibility index (Phi) is 3.38. The van der Waals surface area contributed by atoms with Crippen molar-refractivity contribution in [1.29, 1.82) is 0 Å². The number of anilines is 1. The van der Waals surface area contributed by atoms with E-state index < -0.39 is 0 Å². The monoisotopic (exact) mass is 176 g/mol. The highest BCUT2D eigenvalue weighted by Gasteiger charge is 1.92. The van der Waals surface area contributed by atoms with Gasteiger partial charge in [-0.1, -0.05) is 12.1 Å². The van der Waals surface area contributed by atoms with E-state index in [9.17, 15) is 0 Å². The van der Waals surface area contributed by atoms with Crippen LogP contribution in [0, 0.1) is 6.26 Å². The molecule has 2 nitrogen and oxygen atoms in total. The summed E-state index contributed by atoms with van der Waals surface area (Å²) in [6.07, 6.45) is 4.48. The summed E-state index contributed by atoms with van der Waals surface area (Å²) in [4.78, 5) is 2.06. The molecule has 0 heterocycles. The highest BCUT2D eigenvalue weighted by molar-refractivity contribution is 5.54. The fraction of sp³-hybridized carbons (Fsp3) is 0.273. The molecule has 1 radical (unpaired) electrons. The number of hydrogen-bond donors (Lipinski definition) is 0.